The second-order valence-corrected chi connectivity index (χ2v) is 8.02. The third-order valence-corrected chi connectivity index (χ3v) is 5.00. The van der Waals surface area contributed by atoms with Crippen LogP contribution in [0.3, 0.4) is 0 Å². The van der Waals surface area contributed by atoms with E-state index < -0.39 is 10.8 Å². The lowest BCUT2D eigenvalue weighted by molar-refractivity contribution is -0.126. The summed E-state index contributed by atoms with van der Waals surface area (Å²) in [6, 6.07) is 7.13. The van der Waals surface area contributed by atoms with Gasteiger partial charge in [-0.05, 0) is 41.1 Å². The van der Waals surface area contributed by atoms with Crippen LogP contribution < -0.4 is 10.1 Å². The van der Waals surface area contributed by atoms with Gasteiger partial charge >= 0.3 is 0 Å². The van der Waals surface area contributed by atoms with Gasteiger partial charge in [0.25, 0.3) is 0 Å². The van der Waals surface area contributed by atoms with Gasteiger partial charge in [-0.1, -0.05) is 31.3 Å². The van der Waals surface area contributed by atoms with Crippen molar-refractivity contribution in [2.45, 2.75) is 37.8 Å². The third-order valence-electron chi connectivity index (χ3n) is 4.23. The first-order valence-corrected chi connectivity index (χ1v) is 11.9. The standard InChI is InChI=1S/C20H31N5O5S/c1-3-4-5-6-11-21-19(26)16-29-13-12-28-14-15-30-18-9-7-17(8-10-18)25-20(31(2)27)22-23-24-25/h7-10H,3-6,11-16H2,1-2H3,(H,21,26). The van der Waals surface area contributed by atoms with E-state index in [4.69, 9.17) is 14.2 Å². The lowest BCUT2D eigenvalue weighted by Crippen LogP contribution is -2.29. The molecule has 1 unspecified atom stereocenters. The van der Waals surface area contributed by atoms with E-state index in [1.54, 1.807) is 24.3 Å². The summed E-state index contributed by atoms with van der Waals surface area (Å²) < 4.78 is 29.4. The second kappa shape index (κ2) is 14.6. The van der Waals surface area contributed by atoms with Gasteiger partial charge in [0.15, 0.2) is 0 Å². The molecule has 0 saturated heterocycles. The lowest BCUT2D eigenvalue weighted by Gasteiger charge is -2.09. The zero-order chi connectivity index (χ0) is 22.3. The number of nitrogens with one attached hydrogen (secondary N) is 1. The van der Waals surface area contributed by atoms with Crippen molar-refractivity contribution in [2.24, 2.45) is 0 Å². The van der Waals surface area contributed by atoms with E-state index in [0.717, 1.165) is 12.8 Å². The molecule has 0 bridgehead atoms. The Morgan fingerprint density at radius 1 is 1.06 bits per heavy atom. The maximum atomic E-state index is 11.6. The SMILES string of the molecule is CCCCCCNC(=O)COCCOCCOc1ccc(-n2nnnc2S(C)=O)cc1. The van der Waals surface area contributed by atoms with Gasteiger partial charge in [0.05, 0.1) is 36.3 Å². The molecule has 1 amide bonds. The molecule has 0 aliphatic rings. The topological polar surface area (TPSA) is 117 Å². The van der Waals surface area contributed by atoms with Gasteiger partial charge in [0, 0.05) is 12.8 Å². The van der Waals surface area contributed by atoms with Crippen LogP contribution in [0.15, 0.2) is 29.4 Å². The Hall–Kier alpha value is -2.37. The number of unbranched alkanes of at least 4 members (excludes halogenated alkanes) is 3. The Morgan fingerprint density at radius 3 is 2.55 bits per heavy atom. The Kier molecular flexibility index (Phi) is 11.7. The van der Waals surface area contributed by atoms with Gasteiger partial charge in [-0.2, -0.15) is 4.68 Å². The molecule has 1 N–H and O–H groups in total. The number of benzene rings is 1. The number of hydrogen-bond donors (Lipinski definition) is 1. The van der Waals surface area contributed by atoms with Crippen LogP contribution in [-0.4, -0.2) is 76.2 Å². The van der Waals surface area contributed by atoms with Crippen molar-refractivity contribution in [1.82, 2.24) is 25.5 Å². The van der Waals surface area contributed by atoms with E-state index in [-0.39, 0.29) is 17.7 Å². The van der Waals surface area contributed by atoms with Crippen LogP contribution in [0.4, 0.5) is 0 Å². The summed E-state index contributed by atoms with van der Waals surface area (Å²) in [4.78, 5) is 11.6. The van der Waals surface area contributed by atoms with Crippen molar-refractivity contribution >= 4 is 16.7 Å². The van der Waals surface area contributed by atoms with E-state index in [9.17, 15) is 9.00 Å². The first-order chi connectivity index (χ1) is 15.1. The predicted molar refractivity (Wildman–Crippen MR) is 116 cm³/mol. The van der Waals surface area contributed by atoms with Gasteiger partial charge in [0.2, 0.25) is 11.1 Å². The number of aromatic nitrogens is 4. The van der Waals surface area contributed by atoms with Crippen molar-refractivity contribution in [1.29, 1.82) is 0 Å². The molecule has 0 aliphatic carbocycles. The first-order valence-electron chi connectivity index (χ1n) is 10.4. The number of hydrogen-bond acceptors (Lipinski definition) is 8. The first kappa shape index (κ1) is 24.9. The number of carbonyl (C=O) groups excluding carboxylic acids is 1. The number of tetrazole rings is 1. The molecule has 1 aromatic heterocycles. The van der Waals surface area contributed by atoms with Gasteiger partial charge in [-0.25, -0.2) is 0 Å². The highest BCUT2D eigenvalue weighted by Crippen LogP contribution is 2.16. The molecule has 0 fully saturated rings. The van der Waals surface area contributed by atoms with E-state index in [2.05, 4.69) is 27.8 Å². The third kappa shape index (κ3) is 9.53. The normalized spacial score (nSPS) is 11.9. The Bertz CT molecular complexity index is 800. The van der Waals surface area contributed by atoms with E-state index >= 15 is 0 Å². The van der Waals surface area contributed by atoms with Crippen molar-refractivity contribution in [2.75, 3.05) is 45.8 Å². The minimum atomic E-state index is -1.28. The predicted octanol–water partition coefficient (Wildman–Crippen LogP) is 1.51. The fraction of sp³-hybridized carbons (Fsp3) is 0.600. The van der Waals surface area contributed by atoms with E-state index in [1.807, 2.05) is 0 Å². The van der Waals surface area contributed by atoms with Gasteiger partial charge < -0.3 is 19.5 Å². The molecular weight excluding hydrogens is 422 g/mol. The summed E-state index contributed by atoms with van der Waals surface area (Å²) in [7, 11) is -1.28. The molecule has 2 aromatic rings. The molecule has 0 spiro atoms. The molecule has 31 heavy (non-hydrogen) atoms. The van der Waals surface area contributed by atoms with Crippen LogP contribution in [0.2, 0.25) is 0 Å². The second-order valence-electron chi connectivity index (χ2n) is 6.75. The number of carbonyl (C=O) groups is 1. The zero-order valence-corrected chi connectivity index (χ0v) is 18.9. The van der Waals surface area contributed by atoms with E-state index in [1.165, 1.54) is 23.8 Å². The smallest absolute Gasteiger partial charge is 0.245 e. The summed E-state index contributed by atoms with van der Waals surface area (Å²) in [6.45, 7) is 4.44. The summed E-state index contributed by atoms with van der Waals surface area (Å²) >= 11 is 0. The molecule has 11 heteroatoms. The van der Waals surface area contributed by atoms with Crippen molar-refractivity contribution in [3.05, 3.63) is 24.3 Å². The molecule has 0 radical (unpaired) electrons. The molecule has 2 rings (SSSR count). The van der Waals surface area contributed by atoms with Crippen molar-refractivity contribution < 1.29 is 23.2 Å². The quantitative estimate of drug-likeness (QED) is 0.380. The van der Waals surface area contributed by atoms with Crippen LogP contribution >= 0.6 is 0 Å². The molecule has 172 valence electrons. The highest BCUT2D eigenvalue weighted by Gasteiger charge is 2.11. The van der Waals surface area contributed by atoms with E-state index in [0.29, 0.717) is 44.4 Å². The number of rotatable bonds is 16. The lowest BCUT2D eigenvalue weighted by atomic mass is 10.2. The van der Waals surface area contributed by atoms with Crippen molar-refractivity contribution in [3.63, 3.8) is 0 Å². The highest BCUT2D eigenvalue weighted by molar-refractivity contribution is 7.84. The largest absolute Gasteiger partial charge is 0.491 e. The number of amides is 1. The fourth-order valence-electron chi connectivity index (χ4n) is 2.64. The summed E-state index contributed by atoms with van der Waals surface area (Å²) in [5, 5.41) is 14.3. The summed E-state index contributed by atoms with van der Waals surface area (Å²) in [6.07, 6.45) is 6.04. The maximum Gasteiger partial charge on any atom is 0.245 e. The maximum absolute atomic E-state index is 11.6. The Morgan fingerprint density at radius 2 is 1.81 bits per heavy atom. The summed E-state index contributed by atoms with van der Waals surface area (Å²) in [5.74, 6) is 0.578. The molecule has 0 saturated carbocycles. The fourth-order valence-corrected chi connectivity index (χ4v) is 3.17. The Balaban J connectivity index is 1.52. The zero-order valence-electron chi connectivity index (χ0n) is 18.1. The van der Waals surface area contributed by atoms with Crippen LogP contribution in [0.25, 0.3) is 5.69 Å². The number of ether oxygens (including phenoxy) is 3. The van der Waals surface area contributed by atoms with Crippen LogP contribution in [0.5, 0.6) is 5.75 Å². The van der Waals surface area contributed by atoms with Crippen LogP contribution in [-0.2, 0) is 25.1 Å². The number of nitrogens with zero attached hydrogens (tertiary/aromatic N) is 4. The van der Waals surface area contributed by atoms with Gasteiger partial charge in [-0.15, -0.1) is 0 Å². The van der Waals surface area contributed by atoms with Crippen LogP contribution in [0, 0.1) is 0 Å². The van der Waals surface area contributed by atoms with Crippen LogP contribution in [0.1, 0.15) is 32.6 Å². The molecule has 1 aromatic carbocycles. The molecule has 0 aliphatic heterocycles. The van der Waals surface area contributed by atoms with Gasteiger partial charge in [-0.3, -0.25) is 9.00 Å². The van der Waals surface area contributed by atoms with Crippen molar-refractivity contribution in [3.8, 4) is 11.4 Å². The molecule has 10 nitrogen and oxygen atoms in total. The molecule has 1 atom stereocenters. The highest BCUT2D eigenvalue weighted by atomic mass is 32.2. The summed E-state index contributed by atoms with van der Waals surface area (Å²) in [5.41, 5.74) is 0.695. The average molecular weight is 454 g/mol. The Labute approximate surface area is 185 Å². The molecular formula is C20H31N5O5S. The van der Waals surface area contributed by atoms with Gasteiger partial charge in [0.1, 0.15) is 19.0 Å². The molecule has 1 heterocycles. The minimum Gasteiger partial charge on any atom is -0.491 e. The minimum absolute atomic E-state index is 0.0502. The average Bonchev–Trinajstić information content (AvgIpc) is 3.26. The monoisotopic (exact) mass is 453 g/mol.